The Morgan fingerprint density at radius 3 is 2.72 bits per heavy atom. The van der Waals surface area contributed by atoms with Gasteiger partial charge in [-0.15, -0.1) is 0 Å². The first-order valence-corrected chi connectivity index (χ1v) is 7.65. The summed E-state index contributed by atoms with van der Waals surface area (Å²) in [4.78, 5) is 29.0. The van der Waals surface area contributed by atoms with Crippen LogP contribution in [0.2, 0.25) is 0 Å². The molecule has 25 heavy (non-hydrogen) atoms. The maximum absolute atomic E-state index is 12.5. The third kappa shape index (κ3) is 2.96. The summed E-state index contributed by atoms with van der Waals surface area (Å²) in [5.41, 5.74) is -0.663. The standard InChI is InChI=1S/C15H19N5O5/c1-18-12-11(13(23)19(2)15(18)24)20(7-9(22)8-21)14(17-12)16-6-10-4-3-5-25-10/h3-5,9,21-22H,6-8H2,1-2H3,(H,16,17)/t9-/m1/s1. The molecule has 1 atom stereocenters. The van der Waals surface area contributed by atoms with Crippen LogP contribution in [0.25, 0.3) is 11.2 Å². The zero-order valence-electron chi connectivity index (χ0n) is 13.8. The Hall–Kier alpha value is -2.85. The van der Waals surface area contributed by atoms with Crippen molar-refractivity contribution in [2.45, 2.75) is 19.2 Å². The number of aromatic nitrogens is 4. The van der Waals surface area contributed by atoms with Crippen LogP contribution in [-0.4, -0.2) is 41.6 Å². The van der Waals surface area contributed by atoms with E-state index in [1.54, 1.807) is 12.1 Å². The highest BCUT2D eigenvalue weighted by Gasteiger charge is 2.20. The van der Waals surface area contributed by atoms with Crippen LogP contribution in [0.1, 0.15) is 5.76 Å². The van der Waals surface area contributed by atoms with Gasteiger partial charge in [0.05, 0.1) is 32.1 Å². The van der Waals surface area contributed by atoms with Crippen LogP contribution in [0.4, 0.5) is 5.95 Å². The predicted octanol–water partition coefficient (Wildman–Crippen LogP) is -1.01. The molecule has 10 nitrogen and oxygen atoms in total. The Balaban J connectivity index is 2.15. The minimum Gasteiger partial charge on any atom is -0.467 e. The van der Waals surface area contributed by atoms with E-state index in [-0.39, 0.29) is 23.7 Å². The molecule has 134 valence electrons. The fourth-order valence-corrected chi connectivity index (χ4v) is 2.61. The number of nitrogens with zero attached hydrogens (tertiary/aromatic N) is 4. The van der Waals surface area contributed by atoms with Gasteiger partial charge in [-0.3, -0.25) is 13.9 Å². The first-order chi connectivity index (χ1) is 11.9. The molecule has 0 aromatic carbocycles. The van der Waals surface area contributed by atoms with Crippen molar-refractivity contribution >= 4 is 17.1 Å². The van der Waals surface area contributed by atoms with Gasteiger partial charge in [0.15, 0.2) is 11.2 Å². The highest BCUT2D eigenvalue weighted by molar-refractivity contribution is 5.74. The van der Waals surface area contributed by atoms with Crippen molar-refractivity contribution in [3.8, 4) is 0 Å². The van der Waals surface area contributed by atoms with Crippen LogP contribution >= 0.6 is 0 Å². The first-order valence-electron chi connectivity index (χ1n) is 7.65. The lowest BCUT2D eigenvalue weighted by atomic mass is 10.3. The van der Waals surface area contributed by atoms with Gasteiger partial charge in [-0.05, 0) is 12.1 Å². The molecule has 3 aromatic heterocycles. The topological polar surface area (TPSA) is 127 Å². The average Bonchev–Trinajstić information content (AvgIpc) is 3.24. The molecule has 10 heteroatoms. The number of aliphatic hydroxyl groups excluding tert-OH is 2. The van der Waals surface area contributed by atoms with E-state index in [0.717, 1.165) is 4.57 Å². The molecule has 0 aliphatic heterocycles. The van der Waals surface area contributed by atoms with Gasteiger partial charge in [0.1, 0.15) is 5.76 Å². The van der Waals surface area contributed by atoms with E-state index in [1.165, 1.54) is 29.5 Å². The molecule has 0 amide bonds. The minimum atomic E-state index is -1.08. The quantitative estimate of drug-likeness (QED) is 0.520. The smallest absolute Gasteiger partial charge is 0.332 e. The van der Waals surface area contributed by atoms with Gasteiger partial charge >= 0.3 is 5.69 Å². The van der Waals surface area contributed by atoms with E-state index in [2.05, 4.69) is 10.3 Å². The second-order valence-corrected chi connectivity index (χ2v) is 5.69. The summed E-state index contributed by atoms with van der Waals surface area (Å²) in [6, 6.07) is 3.52. The van der Waals surface area contributed by atoms with E-state index in [9.17, 15) is 14.7 Å². The highest BCUT2D eigenvalue weighted by atomic mass is 16.3. The summed E-state index contributed by atoms with van der Waals surface area (Å²) >= 11 is 0. The van der Waals surface area contributed by atoms with Crippen LogP contribution < -0.4 is 16.6 Å². The maximum atomic E-state index is 12.5. The zero-order chi connectivity index (χ0) is 18.1. The highest BCUT2D eigenvalue weighted by Crippen LogP contribution is 2.17. The molecular weight excluding hydrogens is 330 g/mol. The Bertz CT molecular complexity index is 998. The van der Waals surface area contributed by atoms with Gasteiger partial charge in [-0.2, -0.15) is 4.98 Å². The predicted molar refractivity (Wildman–Crippen MR) is 89.3 cm³/mol. The van der Waals surface area contributed by atoms with E-state index in [1.807, 2.05) is 0 Å². The van der Waals surface area contributed by atoms with Crippen molar-refractivity contribution in [3.63, 3.8) is 0 Å². The second-order valence-electron chi connectivity index (χ2n) is 5.69. The van der Waals surface area contributed by atoms with E-state index < -0.39 is 24.0 Å². The normalized spacial score (nSPS) is 12.6. The van der Waals surface area contributed by atoms with E-state index in [4.69, 9.17) is 9.52 Å². The van der Waals surface area contributed by atoms with Crippen molar-refractivity contribution in [1.29, 1.82) is 0 Å². The van der Waals surface area contributed by atoms with Crippen LogP contribution in [0.3, 0.4) is 0 Å². The van der Waals surface area contributed by atoms with Crippen LogP contribution in [-0.2, 0) is 27.2 Å². The van der Waals surface area contributed by atoms with Gasteiger partial charge in [-0.1, -0.05) is 0 Å². The Morgan fingerprint density at radius 1 is 1.32 bits per heavy atom. The largest absolute Gasteiger partial charge is 0.467 e. The molecule has 0 fully saturated rings. The van der Waals surface area contributed by atoms with Gasteiger partial charge in [0.2, 0.25) is 5.95 Å². The zero-order valence-corrected chi connectivity index (χ0v) is 13.8. The van der Waals surface area contributed by atoms with Crippen molar-refractivity contribution in [1.82, 2.24) is 18.7 Å². The lowest BCUT2D eigenvalue weighted by molar-refractivity contribution is 0.0824. The molecule has 3 heterocycles. The fraction of sp³-hybridized carbons (Fsp3) is 0.400. The molecular formula is C15H19N5O5. The molecule has 0 saturated heterocycles. The third-order valence-corrected chi connectivity index (χ3v) is 3.95. The van der Waals surface area contributed by atoms with E-state index in [0.29, 0.717) is 12.3 Å². The lowest BCUT2D eigenvalue weighted by Crippen LogP contribution is -2.38. The van der Waals surface area contributed by atoms with Gasteiger partial charge < -0.3 is 24.5 Å². The van der Waals surface area contributed by atoms with Crippen LogP contribution in [0, 0.1) is 0 Å². The molecule has 0 saturated carbocycles. The number of furan rings is 1. The minimum absolute atomic E-state index is 0.0546. The number of rotatable bonds is 6. The number of hydrogen-bond acceptors (Lipinski definition) is 7. The molecule has 3 aromatic rings. The summed E-state index contributed by atoms with van der Waals surface area (Å²) in [7, 11) is 2.89. The summed E-state index contributed by atoms with van der Waals surface area (Å²) in [5, 5.41) is 22.0. The van der Waals surface area contributed by atoms with Crippen LogP contribution in [0.15, 0.2) is 32.4 Å². The Labute approximate surface area is 141 Å². The fourth-order valence-electron chi connectivity index (χ4n) is 2.61. The lowest BCUT2D eigenvalue weighted by Gasteiger charge is -2.13. The Morgan fingerprint density at radius 2 is 2.08 bits per heavy atom. The van der Waals surface area contributed by atoms with Gasteiger partial charge in [-0.25, -0.2) is 4.79 Å². The monoisotopic (exact) mass is 349 g/mol. The Kier molecular flexibility index (Phi) is 4.47. The molecule has 0 radical (unpaired) electrons. The van der Waals surface area contributed by atoms with Crippen molar-refractivity contribution in [2.24, 2.45) is 14.1 Å². The summed E-state index contributed by atoms with van der Waals surface area (Å²) in [5.74, 6) is 0.945. The number of aryl methyl sites for hydroxylation is 1. The first kappa shape index (κ1) is 17.0. The van der Waals surface area contributed by atoms with Crippen molar-refractivity contribution in [3.05, 3.63) is 45.0 Å². The molecule has 0 bridgehead atoms. The number of imidazole rings is 1. The summed E-state index contributed by atoms with van der Waals surface area (Å²) in [6.07, 6.45) is 0.457. The average molecular weight is 349 g/mol. The van der Waals surface area contributed by atoms with Crippen LogP contribution in [0.5, 0.6) is 0 Å². The molecule has 3 rings (SSSR count). The van der Waals surface area contributed by atoms with E-state index >= 15 is 0 Å². The summed E-state index contributed by atoms with van der Waals surface area (Å²) < 4.78 is 8.94. The summed E-state index contributed by atoms with van der Waals surface area (Å²) in [6.45, 7) is -0.218. The number of anilines is 1. The third-order valence-electron chi connectivity index (χ3n) is 3.95. The number of aliphatic hydroxyl groups is 2. The molecule has 0 aliphatic carbocycles. The number of nitrogens with one attached hydrogen (secondary N) is 1. The van der Waals surface area contributed by atoms with Gasteiger partial charge in [0.25, 0.3) is 5.56 Å². The van der Waals surface area contributed by atoms with Gasteiger partial charge in [0, 0.05) is 14.1 Å². The second kappa shape index (κ2) is 6.57. The molecule has 3 N–H and O–H groups in total. The number of hydrogen-bond donors (Lipinski definition) is 3. The maximum Gasteiger partial charge on any atom is 0.332 e. The van der Waals surface area contributed by atoms with Crippen molar-refractivity contribution in [2.75, 3.05) is 11.9 Å². The number of fused-ring (bicyclic) bond motifs is 1. The molecule has 0 unspecified atom stereocenters. The molecule has 0 spiro atoms. The molecule has 0 aliphatic rings. The SMILES string of the molecule is Cn1c(=O)c2c(nc(NCc3ccco3)n2C[C@@H](O)CO)n(C)c1=O. The van der Waals surface area contributed by atoms with Crippen molar-refractivity contribution < 1.29 is 14.6 Å².